The van der Waals surface area contributed by atoms with E-state index in [1.165, 1.54) is 31.5 Å². The molecule has 3 aliphatic rings. The number of hydrogen-bond donors (Lipinski definition) is 1. The quantitative estimate of drug-likeness (QED) is 0.886. The van der Waals surface area contributed by atoms with Crippen molar-refractivity contribution < 1.29 is 14.6 Å². The van der Waals surface area contributed by atoms with E-state index in [2.05, 4.69) is 17.0 Å². The summed E-state index contributed by atoms with van der Waals surface area (Å²) in [6.45, 7) is 7.26. The third-order valence-electron chi connectivity index (χ3n) is 6.52. The molecular formula is C22H32N2O3. The summed E-state index contributed by atoms with van der Waals surface area (Å²) in [6, 6.07) is 8.14. The summed E-state index contributed by atoms with van der Waals surface area (Å²) in [5.41, 5.74) is 1.16. The maximum Gasteiger partial charge on any atom is 0.253 e. The van der Waals surface area contributed by atoms with Crippen molar-refractivity contribution in [3.8, 4) is 0 Å². The molecule has 3 aliphatic heterocycles. The van der Waals surface area contributed by atoms with Crippen molar-refractivity contribution in [1.29, 1.82) is 0 Å². The van der Waals surface area contributed by atoms with E-state index in [0.717, 1.165) is 24.9 Å². The molecule has 3 heterocycles. The molecule has 3 saturated heterocycles. The van der Waals surface area contributed by atoms with E-state index in [9.17, 15) is 9.90 Å². The summed E-state index contributed by atoms with van der Waals surface area (Å²) in [7, 11) is 0. The van der Waals surface area contributed by atoms with Crippen LogP contribution in [0.5, 0.6) is 0 Å². The van der Waals surface area contributed by atoms with Crippen LogP contribution in [0.15, 0.2) is 24.3 Å². The van der Waals surface area contributed by atoms with Crippen LogP contribution in [0.1, 0.15) is 61.4 Å². The van der Waals surface area contributed by atoms with E-state index in [4.69, 9.17) is 4.74 Å². The van der Waals surface area contributed by atoms with Gasteiger partial charge in [-0.15, -0.1) is 0 Å². The first-order valence-electron chi connectivity index (χ1n) is 10.4. The molecule has 148 valence electrons. The molecule has 0 radical (unpaired) electrons. The number of carbonyl (C=O) groups is 1. The zero-order chi connectivity index (χ0) is 18.9. The first-order valence-corrected chi connectivity index (χ1v) is 10.4. The highest BCUT2D eigenvalue weighted by atomic mass is 16.5. The summed E-state index contributed by atoms with van der Waals surface area (Å²) in [4.78, 5) is 17.3. The fraction of sp³-hybridized carbons (Fsp3) is 0.682. The summed E-state index contributed by atoms with van der Waals surface area (Å²) in [6.07, 6.45) is 5.58. The first kappa shape index (κ1) is 18.9. The molecule has 0 saturated carbocycles. The van der Waals surface area contributed by atoms with Crippen molar-refractivity contribution in [3.63, 3.8) is 0 Å². The molecule has 0 bridgehead atoms. The SMILES string of the molecule is CC1(O)CCOC2(CCN(C(=O)c3ccc(CN4CCCC4)cc3)CC2)C1. The van der Waals surface area contributed by atoms with Crippen LogP contribution >= 0.6 is 0 Å². The summed E-state index contributed by atoms with van der Waals surface area (Å²) >= 11 is 0. The number of nitrogens with zero attached hydrogens (tertiary/aromatic N) is 2. The molecule has 1 N–H and O–H groups in total. The van der Waals surface area contributed by atoms with E-state index in [1.807, 2.05) is 24.0 Å². The number of benzene rings is 1. The Hall–Kier alpha value is -1.43. The number of amides is 1. The van der Waals surface area contributed by atoms with Gasteiger partial charge in [0.05, 0.1) is 17.8 Å². The van der Waals surface area contributed by atoms with Gasteiger partial charge in [0.1, 0.15) is 0 Å². The van der Waals surface area contributed by atoms with Crippen LogP contribution < -0.4 is 0 Å². The Morgan fingerprint density at radius 1 is 1.07 bits per heavy atom. The van der Waals surface area contributed by atoms with Gasteiger partial charge < -0.3 is 14.7 Å². The predicted octanol–water partition coefficient (Wildman–Crippen LogP) is 2.82. The predicted molar refractivity (Wildman–Crippen MR) is 105 cm³/mol. The fourth-order valence-electron chi connectivity index (χ4n) is 4.89. The highest BCUT2D eigenvalue weighted by Gasteiger charge is 2.44. The third-order valence-corrected chi connectivity index (χ3v) is 6.52. The van der Waals surface area contributed by atoms with E-state index in [1.54, 1.807) is 0 Å². The Morgan fingerprint density at radius 2 is 1.74 bits per heavy atom. The van der Waals surface area contributed by atoms with Gasteiger partial charge in [-0.2, -0.15) is 0 Å². The van der Waals surface area contributed by atoms with E-state index >= 15 is 0 Å². The Labute approximate surface area is 162 Å². The second kappa shape index (κ2) is 7.53. The maximum absolute atomic E-state index is 12.9. The first-order chi connectivity index (χ1) is 12.9. The Balaban J connectivity index is 1.33. The average molecular weight is 373 g/mol. The van der Waals surface area contributed by atoms with Gasteiger partial charge >= 0.3 is 0 Å². The average Bonchev–Trinajstić information content (AvgIpc) is 3.14. The van der Waals surface area contributed by atoms with Gasteiger partial charge in [-0.3, -0.25) is 9.69 Å². The lowest BCUT2D eigenvalue weighted by molar-refractivity contribution is -0.170. The number of aliphatic hydroxyl groups is 1. The maximum atomic E-state index is 12.9. The number of rotatable bonds is 3. The smallest absolute Gasteiger partial charge is 0.253 e. The van der Waals surface area contributed by atoms with Crippen molar-refractivity contribution in [2.24, 2.45) is 0 Å². The molecule has 5 heteroatoms. The molecule has 0 aliphatic carbocycles. The molecule has 5 nitrogen and oxygen atoms in total. The Kier molecular flexibility index (Phi) is 5.28. The van der Waals surface area contributed by atoms with Crippen molar-refractivity contribution in [1.82, 2.24) is 9.80 Å². The van der Waals surface area contributed by atoms with Gasteiger partial charge in [-0.05, 0) is 69.8 Å². The normalized spacial score (nSPS) is 28.6. The lowest BCUT2D eigenvalue weighted by Gasteiger charge is -2.48. The van der Waals surface area contributed by atoms with Crippen LogP contribution in [0, 0.1) is 0 Å². The van der Waals surface area contributed by atoms with Crippen LogP contribution in [0.3, 0.4) is 0 Å². The van der Waals surface area contributed by atoms with Gasteiger partial charge in [-0.25, -0.2) is 0 Å². The lowest BCUT2D eigenvalue weighted by atomic mass is 9.78. The van der Waals surface area contributed by atoms with Crippen LogP contribution in [0.25, 0.3) is 0 Å². The molecule has 1 amide bonds. The second-order valence-electron chi connectivity index (χ2n) is 8.93. The molecule has 3 fully saturated rings. The van der Waals surface area contributed by atoms with Crippen LogP contribution in [0.4, 0.5) is 0 Å². The fourth-order valence-corrected chi connectivity index (χ4v) is 4.89. The zero-order valence-corrected chi connectivity index (χ0v) is 16.5. The molecule has 1 unspecified atom stereocenters. The highest BCUT2D eigenvalue weighted by molar-refractivity contribution is 5.94. The summed E-state index contributed by atoms with van der Waals surface area (Å²) < 4.78 is 6.05. The van der Waals surface area contributed by atoms with E-state index in [0.29, 0.717) is 32.5 Å². The highest BCUT2D eigenvalue weighted by Crippen LogP contribution is 2.39. The number of carbonyl (C=O) groups excluding carboxylic acids is 1. The number of likely N-dealkylation sites (tertiary alicyclic amines) is 2. The van der Waals surface area contributed by atoms with Crippen molar-refractivity contribution in [3.05, 3.63) is 35.4 Å². The van der Waals surface area contributed by atoms with Gasteiger partial charge in [0.15, 0.2) is 0 Å². The van der Waals surface area contributed by atoms with Crippen LogP contribution in [0.2, 0.25) is 0 Å². The van der Waals surface area contributed by atoms with Crippen LogP contribution in [-0.4, -0.2) is 64.8 Å². The lowest BCUT2D eigenvalue weighted by Crippen LogP contribution is -2.54. The largest absolute Gasteiger partial charge is 0.390 e. The molecule has 1 spiro atoms. The van der Waals surface area contributed by atoms with Crippen LogP contribution in [-0.2, 0) is 11.3 Å². The summed E-state index contributed by atoms with van der Waals surface area (Å²) in [5, 5.41) is 10.4. The number of ether oxygens (including phenoxy) is 1. The van der Waals surface area contributed by atoms with Gasteiger partial charge in [0.2, 0.25) is 0 Å². The van der Waals surface area contributed by atoms with Crippen molar-refractivity contribution in [2.45, 2.75) is 63.2 Å². The zero-order valence-electron chi connectivity index (χ0n) is 16.5. The van der Waals surface area contributed by atoms with Gasteiger partial charge in [-0.1, -0.05) is 12.1 Å². The molecule has 27 heavy (non-hydrogen) atoms. The third kappa shape index (κ3) is 4.36. The monoisotopic (exact) mass is 372 g/mol. The molecule has 0 aromatic heterocycles. The number of hydrogen-bond acceptors (Lipinski definition) is 4. The summed E-state index contributed by atoms with van der Waals surface area (Å²) in [5.74, 6) is 0.111. The number of piperidine rings is 1. The van der Waals surface area contributed by atoms with E-state index < -0.39 is 5.60 Å². The molecule has 1 aromatic carbocycles. The molecule has 4 rings (SSSR count). The second-order valence-corrected chi connectivity index (χ2v) is 8.93. The minimum Gasteiger partial charge on any atom is -0.390 e. The minimum atomic E-state index is -0.643. The van der Waals surface area contributed by atoms with Crippen molar-refractivity contribution >= 4 is 5.91 Å². The molecule has 1 atom stereocenters. The minimum absolute atomic E-state index is 0.111. The van der Waals surface area contributed by atoms with Gasteiger partial charge in [0.25, 0.3) is 5.91 Å². The topological polar surface area (TPSA) is 53.0 Å². The molecule has 1 aromatic rings. The molecular weight excluding hydrogens is 340 g/mol. The Morgan fingerprint density at radius 3 is 2.37 bits per heavy atom. The van der Waals surface area contributed by atoms with Gasteiger partial charge in [0, 0.05) is 31.6 Å². The Bertz CT molecular complexity index is 657. The van der Waals surface area contributed by atoms with E-state index in [-0.39, 0.29) is 11.5 Å². The standard InChI is InChI=1S/C22H32N2O3/c1-21(26)10-15-27-22(17-21)8-13-24(14-9-22)20(25)19-6-4-18(5-7-19)16-23-11-2-3-12-23/h4-7,26H,2-3,8-17H2,1H3. The van der Waals surface area contributed by atoms with Crippen molar-refractivity contribution in [2.75, 3.05) is 32.8 Å².